The van der Waals surface area contributed by atoms with E-state index in [0.717, 1.165) is 38.5 Å². The Morgan fingerprint density at radius 3 is 1.86 bits per heavy atom. The molecule has 31 atom stereocenters. The second kappa shape index (κ2) is 21.9. The van der Waals surface area contributed by atoms with Crippen molar-refractivity contribution in [2.45, 2.75) is 240 Å². The summed E-state index contributed by atoms with van der Waals surface area (Å²) in [5.41, 5.74) is 0.430. The molecule has 420 valence electrons. The van der Waals surface area contributed by atoms with Crippen LogP contribution in [0.15, 0.2) is 11.6 Å². The van der Waals surface area contributed by atoms with E-state index in [0.29, 0.717) is 55.3 Å². The molecule has 23 unspecified atom stereocenters. The van der Waals surface area contributed by atoms with Crippen LogP contribution in [0.1, 0.15) is 106 Å². The highest BCUT2D eigenvalue weighted by molar-refractivity contribution is 5.26. The van der Waals surface area contributed by atoms with Crippen molar-refractivity contribution < 1.29 is 104 Å². The summed E-state index contributed by atoms with van der Waals surface area (Å²) in [6.45, 7) is 11.1. The van der Waals surface area contributed by atoms with Gasteiger partial charge in [0.2, 0.25) is 0 Å². The molecule has 5 aliphatic carbocycles. The second-order valence-corrected chi connectivity index (χ2v) is 24.4. The molecule has 4 heterocycles. The first-order chi connectivity index (χ1) is 34.5. The van der Waals surface area contributed by atoms with Crippen LogP contribution in [0.5, 0.6) is 0 Å². The normalized spacial score (nSPS) is 55.5. The van der Waals surface area contributed by atoms with Crippen molar-refractivity contribution in [3.05, 3.63) is 11.6 Å². The molecular weight excluding hydrogens is 961 g/mol. The van der Waals surface area contributed by atoms with E-state index in [2.05, 4.69) is 26.8 Å². The van der Waals surface area contributed by atoms with Crippen LogP contribution >= 0.6 is 0 Å². The van der Waals surface area contributed by atoms with E-state index < -0.39 is 148 Å². The fraction of sp³-hybridized carbons (Fsp3) is 0.962. The molecule has 0 spiro atoms. The molecular formula is C52H86O21. The maximum atomic E-state index is 12.3. The molecule has 0 aromatic carbocycles. The standard InChI is InChI=1S/C52H86O21/c1-21(20-66-46-40(61)39(60)36(57)31(18-53)70-46)9-14-52(65)17-25-15-30-28-8-7-26-16-27(10-12-50(26,5)29(28)11-13-51(30,6)33(25)22(52)2)69-49-45(73-48-42(63)38(59)35(56)24(4)68-48)43(64)44(32(19-54)71-49)72-47-41(62)37(58)34(55)23(3)67-47/h7,21-25,27-49,53-65H,8-20H2,1-6H3/t21?,22?,23?,24?,25-,27?,28+,29+,30-,31?,32?,33+,34?,35?,36?,37?,38?,39?,40?,41?,42?,43?,44?,45?,46?,47?,48?,49?,50-,51-,52+/m0/s1. The summed E-state index contributed by atoms with van der Waals surface area (Å²) in [4.78, 5) is 0. The van der Waals surface area contributed by atoms with E-state index in [1.54, 1.807) is 0 Å². The van der Waals surface area contributed by atoms with E-state index in [4.69, 9.17) is 37.9 Å². The number of aliphatic hydroxyl groups is 13. The van der Waals surface area contributed by atoms with Crippen molar-refractivity contribution in [1.29, 1.82) is 0 Å². The van der Waals surface area contributed by atoms with E-state index in [-0.39, 0.29) is 29.3 Å². The number of aliphatic hydroxyl groups excluding tert-OH is 12. The number of hydrogen-bond acceptors (Lipinski definition) is 21. The molecule has 9 aliphatic rings. The molecule has 0 radical (unpaired) electrons. The van der Waals surface area contributed by atoms with Crippen molar-refractivity contribution >= 4 is 0 Å². The molecule has 73 heavy (non-hydrogen) atoms. The summed E-state index contributed by atoms with van der Waals surface area (Å²) < 4.78 is 48.0. The SMILES string of the molecule is CC(CC[C@@]1(O)C[C@@H]2C[C@H]3[C@@H]4CC=C5CC(OC6OC(CO)C(OC7OC(C)C(O)C(O)C7O)C(O)C6OC6OC(C)C(O)C(O)C6O)CC[C@]5(C)[C@@H]4CC[C@]3(C)[C@@H]2C1C)COC1OC(CO)C(O)C(O)C1O. The summed E-state index contributed by atoms with van der Waals surface area (Å²) >= 11 is 0. The van der Waals surface area contributed by atoms with Crippen LogP contribution < -0.4 is 0 Å². The van der Waals surface area contributed by atoms with Crippen molar-refractivity contribution in [3.8, 4) is 0 Å². The van der Waals surface area contributed by atoms with Gasteiger partial charge in [0.05, 0.1) is 43.7 Å². The summed E-state index contributed by atoms with van der Waals surface area (Å²) in [5.74, 6) is 2.28. The van der Waals surface area contributed by atoms with Gasteiger partial charge in [0.15, 0.2) is 25.2 Å². The first-order valence-corrected chi connectivity index (χ1v) is 27.1. The Morgan fingerprint density at radius 1 is 0.644 bits per heavy atom. The van der Waals surface area contributed by atoms with Gasteiger partial charge in [0, 0.05) is 0 Å². The Kier molecular flexibility index (Phi) is 16.9. The summed E-state index contributed by atoms with van der Waals surface area (Å²) in [5, 5.41) is 139. The van der Waals surface area contributed by atoms with Crippen LogP contribution in [-0.4, -0.2) is 221 Å². The Balaban J connectivity index is 0.846. The Morgan fingerprint density at radius 2 is 1.23 bits per heavy atom. The van der Waals surface area contributed by atoms with Gasteiger partial charge in [-0.15, -0.1) is 0 Å². The molecule has 21 nitrogen and oxygen atoms in total. The summed E-state index contributed by atoms with van der Waals surface area (Å²) in [7, 11) is 0. The first-order valence-electron chi connectivity index (χ1n) is 27.1. The smallest absolute Gasteiger partial charge is 0.187 e. The van der Waals surface area contributed by atoms with Crippen LogP contribution in [0.4, 0.5) is 0 Å². The van der Waals surface area contributed by atoms with Gasteiger partial charge in [-0.1, -0.05) is 39.3 Å². The maximum Gasteiger partial charge on any atom is 0.187 e. The fourth-order valence-electron chi connectivity index (χ4n) is 15.7. The molecule has 8 fully saturated rings. The van der Waals surface area contributed by atoms with Crippen molar-refractivity contribution in [1.82, 2.24) is 0 Å². The Labute approximate surface area is 427 Å². The highest BCUT2D eigenvalue weighted by Gasteiger charge is 2.67. The molecule has 13 N–H and O–H groups in total. The third kappa shape index (κ3) is 10.2. The van der Waals surface area contributed by atoms with E-state index in [1.165, 1.54) is 19.4 Å². The van der Waals surface area contributed by atoms with Gasteiger partial charge >= 0.3 is 0 Å². The molecule has 0 bridgehead atoms. The molecule has 0 amide bonds. The van der Waals surface area contributed by atoms with Crippen molar-refractivity contribution in [2.75, 3.05) is 19.8 Å². The van der Waals surface area contributed by atoms with Gasteiger partial charge in [-0.25, -0.2) is 0 Å². The van der Waals surface area contributed by atoms with Gasteiger partial charge in [-0.05, 0) is 130 Å². The predicted molar refractivity (Wildman–Crippen MR) is 252 cm³/mol. The molecule has 4 aliphatic heterocycles. The highest BCUT2D eigenvalue weighted by atomic mass is 16.8. The quantitative estimate of drug-likeness (QED) is 0.0898. The Bertz CT molecular complexity index is 1900. The average Bonchev–Trinajstić information content (AvgIpc) is 3.80. The number of allylic oxidation sites excluding steroid dienone is 1. The lowest BCUT2D eigenvalue weighted by Gasteiger charge is -2.59. The molecule has 0 aromatic rings. The second-order valence-electron chi connectivity index (χ2n) is 24.4. The zero-order chi connectivity index (χ0) is 52.8. The van der Waals surface area contributed by atoms with Crippen molar-refractivity contribution in [2.24, 2.45) is 52.3 Å². The van der Waals surface area contributed by atoms with Crippen LogP contribution in [0.2, 0.25) is 0 Å². The number of hydrogen-bond donors (Lipinski definition) is 13. The minimum Gasteiger partial charge on any atom is -0.394 e. The van der Waals surface area contributed by atoms with Gasteiger partial charge in [-0.3, -0.25) is 0 Å². The molecule has 4 saturated carbocycles. The summed E-state index contributed by atoms with van der Waals surface area (Å²) in [6.07, 6.45) is -18.5. The fourth-order valence-corrected chi connectivity index (χ4v) is 15.7. The van der Waals surface area contributed by atoms with E-state index in [9.17, 15) is 66.4 Å². The Hall–Kier alpha value is -1.10. The lowest BCUT2D eigenvalue weighted by atomic mass is 9.47. The molecule has 4 saturated heterocycles. The van der Waals surface area contributed by atoms with Gasteiger partial charge in [0.1, 0.15) is 85.5 Å². The molecule has 9 rings (SSSR count). The monoisotopic (exact) mass is 1050 g/mol. The van der Waals surface area contributed by atoms with Crippen LogP contribution in [0.3, 0.4) is 0 Å². The zero-order valence-electron chi connectivity index (χ0n) is 43.0. The lowest BCUT2D eigenvalue weighted by Crippen LogP contribution is -2.66. The first kappa shape index (κ1) is 56.6. The van der Waals surface area contributed by atoms with E-state index in [1.807, 2.05) is 6.92 Å². The third-order valence-electron chi connectivity index (χ3n) is 20.1. The lowest BCUT2D eigenvalue weighted by molar-refractivity contribution is -0.388. The third-order valence-corrected chi connectivity index (χ3v) is 20.1. The number of fused-ring (bicyclic) bond motifs is 7. The summed E-state index contributed by atoms with van der Waals surface area (Å²) in [6, 6.07) is 0. The van der Waals surface area contributed by atoms with Crippen LogP contribution in [0.25, 0.3) is 0 Å². The number of ether oxygens (including phenoxy) is 8. The van der Waals surface area contributed by atoms with Gasteiger partial charge < -0.3 is 104 Å². The van der Waals surface area contributed by atoms with Gasteiger partial charge in [0.25, 0.3) is 0 Å². The maximum absolute atomic E-state index is 12.3. The molecule has 21 heteroatoms. The zero-order valence-corrected chi connectivity index (χ0v) is 43.0. The topological polar surface area (TPSA) is 337 Å². The average molecular weight is 1050 g/mol. The minimum absolute atomic E-state index is 0.00317. The largest absolute Gasteiger partial charge is 0.394 e. The highest BCUT2D eigenvalue weighted by Crippen LogP contribution is 2.72. The van der Waals surface area contributed by atoms with Gasteiger partial charge in [-0.2, -0.15) is 0 Å². The molecule has 0 aromatic heterocycles. The minimum atomic E-state index is -1.74. The van der Waals surface area contributed by atoms with Crippen LogP contribution in [-0.2, 0) is 37.9 Å². The predicted octanol–water partition coefficient (Wildman–Crippen LogP) is -1.32. The van der Waals surface area contributed by atoms with E-state index >= 15 is 0 Å². The van der Waals surface area contributed by atoms with Crippen LogP contribution in [0, 0.1) is 52.3 Å². The van der Waals surface area contributed by atoms with Crippen molar-refractivity contribution in [3.63, 3.8) is 0 Å². The number of rotatable bonds is 14.